The van der Waals surface area contributed by atoms with Crippen LogP contribution < -0.4 is 25.1 Å². The van der Waals surface area contributed by atoms with E-state index in [1.54, 1.807) is 0 Å². The van der Waals surface area contributed by atoms with Crippen LogP contribution in [-0.4, -0.2) is 133 Å². The van der Waals surface area contributed by atoms with Gasteiger partial charge in [-0.1, -0.05) is 0 Å². The second kappa shape index (κ2) is 16.4. The van der Waals surface area contributed by atoms with Gasteiger partial charge in [-0.05, 0) is 38.1 Å². The maximum absolute atomic E-state index is 14.1. The van der Waals surface area contributed by atoms with Crippen LogP contribution in [0.3, 0.4) is 0 Å². The lowest BCUT2D eigenvalue weighted by molar-refractivity contribution is -0.268. The van der Waals surface area contributed by atoms with Gasteiger partial charge in [0, 0.05) is 35.4 Å². The third-order valence-electron chi connectivity index (χ3n) is 10.8. The van der Waals surface area contributed by atoms with Crippen molar-refractivity contribution in [3.8, 4) is 91.6 Å². The molecule has 2 saturated heterocycles. The largest absolute Gasteiger partial charge is 0.507 e. The molecule has 0 aliphatic carbocycles. The molecule has 2 fully saturated rings. The zero-order chi connectivity index (χ0) is 47.1. The summed E-state index contributed by atoms with van der Waals surface area (Å²) in [6.07, 6.45) is -16.6. The molecule has 14 N–H and O–H groups in total. The van der Waals surface area contributed by atoms with E-state index in [1.807, 2.05) is 0 Å². The van der Waals surface area contributed by atoms with Gasteiger partial charge < -0.3 is 104 Å². The summed E-state index contributed by atoms with van der Waals surface area (Å²) in [5.41, 5.74) is -3.83. The van der Waals surface area contributed by atoms with Gasteiger partial charge in [-0.3, -0.25) is 9.59 Å². The molecule has 6 aromatic rings. The van der Waals surface area contributed by atoms with Crippen LogP contribution in [0.2, 0.25) is 0 Å². The number of phenols is 8. The fourth-order valence-electron chi connectivity index (χ4n) is 7.29. The minimum atomic E-state index is -1.94. The molecule has 0 bridgehead atoms. The van der Waals surface area contributed by atoms with Crippen molar-refractivity contribution >= 4 is 21.9 Å². The fourth-order valence-corrected chi connectivity index (χ4v) is 7.29. The summed E-state index contributed by atoms with van der Waals surface area (Å²) in [6, 6.07) is 7.40. The van der Waals surface area contributed by atoms with Crippen LogP contribution >= 0.6 is 0 Å². The molecule has 65 heavy (non-hydrogen) atoms. The van der Waals surface area contributed by atoms with E-state index in [0.29, 0.717) is 0 Å². The topological polar surface area (TPSA) is 390 Å². The molecule has 10 unspecified atom stereocenters. The van der Waals surface area contributed by atoms with Gasteiger partial charge in [-0.2, -0.15) is 0 Å². The molecule has 0 amide bonds. The molecule has 0 radical (unpaired) electrons. The summed E-state index contributed by atoms with van der Waals surface area (Å²) in [7, 11) is 0. The van der Waals surface area contributed by atoms with E-state index in [9.17, 15) is 81.1 Å². The molecule has 2 aliphatic heterocycles. The van der Waals surface area contributed by atoms with Crippen molar-refractivity contribution in [3.63, 3.8) is 0 Å². The summed E-state index contributed by atoms with van der Waals surface area (Å²) in [4.78, 5) is 28.2. The average molecular weight is 911 g/mol. The maximum Gasteiger partial charge on any atom is 0.239 e. The van der Waals surface area contributed by atoms with E-state index in [1.165, 1.54) is 13.8 Å². The minimum absolute atomic E-state index is 0.312. The molecule has 8 rings (SSSR count). The van der Waals surface area contributed by atoms with Crippen molar-refractivity contribution in [1.82, 2.24) is 0 Å². The maximum atomic E-state index is 14.1. The highest BCUT2D eigenvalue weighted by Gasteiger charge is 2.45. The summed E-state index contributed by atoms with van der Waals surface area (Å²) in [5.74, 6) is -10.5. The molecule has 344 valence electrons. The van der Waals surface area contributed by atoms with E-state index in [4.69, 9.17) is 32.5 Å². The van der Waals surface area contributed by atoms with Gasteiger partial charge in [0.2, 0.25) is 34.9 Å². The second-order valence-electron chi connectivity index (χ2n) is 15.2. The monoisotopic (exact) mass is 910 g/mol. The van der Waals surface area contributed by atoms with Gasteiger partial charge in [0.15, 0.2) is 46.0 Å². The van der Waals surface area contributed by atoms with E-state index >= 15 is 0 Å². The Kier molecular flexibility index (Phi) is 11.2. The average Bonchev–Trinajstić information content (AvgIpc) is 3.24. The number of benzene rings is 4. The lowest BCUT2D eigenvalue weighted by Gasteiger charge is -2.38. The number of phenolic OH excluding ortho intramolecular Hbond substituents is 8. The Hall–Kier alpha value is -7.22. The van der Waals surface area contributed by atoms with Crippen LogP contribution in [-0.2, 0) is 9.47 Å². The number of ether oxygens (including phenoxy) is 5. The molecule has 0 spiro atoms. The Labute approximate surface area is 361 Å². The highest BCUT2D eigenvalue weighted by Crippen LogP contribution is 2.46. The number of fused-ring (bicyclic) bond motifs is 2. The van der Waals surface area contributed by atoms with E-state index in [-0.39, 0.29) is 22.6 Å². The Balaban J connectivity index is 1.24. The normalized spacial score (nSPS) is 25.7. The van der Waals surface area contributed by atoms with E-state index in [2.05, 4.69) is 0 Å². The molecule has 2 aromatic heterocycles. The Bertz CT molecular complexity index is 2730. The SMILES string of the molecule is CC1OC(Oc2c(-c3cc(O)c(O)c(O)c3)oc3cc(Oc4cc(O)c5c(=O)c(OC6OC(C)C(O)C(O)C6O)c(-c6cc(O)c(O)c(O)c6)oc5c4)cc(O)c3c2=O)C(O)C(O)C1O. The molecule has 4 heterocycles. The third-order valence-corrected chi connectivity index (χ3v) is 10.8. The molecular weight excluding hydrogens is 872 g/mol. The molecule has 23 heteroatoms. The summed E-state index contributed by atoms with van der Waals surface area (Å²) < 4.78 is 40.2. The van der Waals surface area contributed by atoms with E-state index in [0.717, 1.165) is 48.5 Å². The van der Waals surface area contributed by atoms with Crippen LogP contribution in [0, 0.1) is 0 Å². The van der Waals surface area contributed by atoms with Crippen molar-refractivity contribution in [1.29, 1.82) is 0 Å². The van der Waals surface area contributed by atoms with Crippen LogP contribution in [0.1, 0.15) is 13.8 Å². The predicted octanol–water partition coefficient (Wildman–Crippen LogP) is 1.08. The van der Waals surface area contributed by atoms with Crippen LogP contribution in [0.5, 0.6) is 69.0 Å². The molecule has 10 atom stereocenters. The van der Waals surface area contributed by atoms with Gasteiger partial charge in [-0.25, -0.2) is 0 Å². The predicted molar refractivity (Wildman–Crippen MR) is 215 cm³/mol. The molecule has 4 aromatic carbocycles. The van der Waals surface area contributed by atoms with Crippen molar-refractivity contribution < 1.29 is 104 Å². The van der Waals surface area contributed by atoms with Crippen molar-refractivity contribution in [2.24, 2.45) is 0 Å². The number of rotatable bonds is 8. The molecular formula is C42H38O23. The first-order chi connectivity index (χ1) is 30.6. The first-order valence-corrected chi connectivity index (χ1v) is 19.2. The number of hydrogen-bond donors (Lipinski definition) is 14. The summed E-state index contributed by atoms with van der Waals surface area (Å²) in [6.45, 7) is 2.67. The quantitative estimate of drug-likeness (QED) is 0.0950. The van der Waals surface area contributed by atoms with Crippen molar-refractivity contribution in [3.05, 3.63) is 69.0 Å². The fraction of sp³-hybridized carbons (Fsp3) is 0.286. The highest BCUT2D eigenvalue weighted by molar-refractivity contribution is 5.90. The van der Waals surface area contributed by atoms with Gasteiger partial charge in [0.25, 0.3) is 0 Å². The number of aliphatic hydroxyl groups excluding tert-OH is 6. The standard InChI is InChI=1S/C42H38O23/c1-11-27(49)33(55)35(57)41(59-11)64-39-31(53)25-17(43)7-15(9-23(25)62-37(39)13-3-19(45)29(51)20(46)4-13)61-16-8-18(44)26-24(10-16)63-38(14-5-21(47)30(52)22(48)6-14)40(32(26)54)65-42-36(58)34(56)28(50)12(2)60-42/h3-12,27-28,33-36,41-52,55-58H,1-2H3. The van der Waals surface area contributed by atoms with Crippen LogP contribution in [0.25, 0.3) is 44.6 Å². The summed E-state index contributed by atoms with van der Waals surface area (Å²) >= 11 is 0. The first kappa shape index (κ1) is 44.4. The lowest BCUT2D eigenvalue weighted by atomic mass is 10.00. The van der Waals surface area contributed by atoms with Crippen LogP contribution in [0.15, 0.2) is 67.0 Å². The third kappa shape index (κ3) is 7.70. The zero-order valence-corrected chi connectivity index (χ0v) is 33.3. The van der Waals surface area contributed by atoms with Gasteiger partial charge in [0.05, 0.1) is 12.2 Å². The van der Waals surface area contributed by atoms with Gasteiger partial charge in [0.1, 0.15) is 81.6 Å². The number of aliphatic hydroxyl groups is 6. The molecule has 0 saturated carbocycles. The minimum Gasteiger partial charge on any atom is -0.507 e. The first-order valence-electron chi connectivity index (χ1n) is 19.2. The molecule has 2 aliphatic rings. The second-order valence-corrected chi connectivity index (χ2v) is 15.2. The highest BCUT2D eigenvalue weighted by atomic mass is 16.7. The van der Waals surface area contributed by atoms with E-state index < -0.39 is 163 Å². The zero-order valence-electron chi connectivity index (χ0n) is 33.3. The van der Waals surface area contributed by atoms with Crippen molar-refractivity contribution in [2.75, 3.05) is 0 Å². The number of hydrogen-bond acceptors (Lipinski definition) is 23. The Morgan fingerprint density at radius 2 is 0.785 bits per heavy atom. The smallest absolute Gasteiger partial charge is 0.239 e. The van der Waals surface area contributed by atoms with Crippen molar-refractivity contribution in [2.45, 2.75) is 75.3 Å². The van der Waals surface area contributed by atoms with Crippen LogP contribution in [0.4, 0.5) is 0 Å². The summed E-state index contributed by atoms with van der Waals surface area (Å²) in [5, 5.41) is 145. The lowest BCUT2D eigenvalue weighted by Crippen LogP contribution is -2.58. The number of aromatic hydroxyl groups is 8. The Morgan fingerprint density at radius 1 is 0.446 bits per heavy atom. The molecule has 23 nitrogen and oxygen atoms in total. The van der Waals surface area contributed by atoms with Gasteiger partial charge in [-0.15, -0.1) is 0 Å². The van der Waals surface area contributed by atoms with Gasteiger partial charge >= 0.3 is 0 Å². The Morgan fingerprint density at radius 3 is 1.12 bits per heavy atom.